The van der Waals surface area contributed by atoms with Gasteiger partial charge in [-0.15, -0.1) is 11.8 Å². The van der Waals surface area contributed by atoms with Crippen molar-refractivity contribution in [3.8, 4) is 0 Å². The Bertz CT molecular complexity index is 856. The minimum atomic E-state index is -4.40. The number of hydrogen-bond donors (Lipinski definition) is 1. The van der Waals surface area contributed by atoms with Crippen LogP contribution in [0.4, 0.5) is 13.2 Å². The highest BCUT2D eigenvalue weighted by atomic mass is 32.2. The van der Waals surface area contributed by atoms with Gasteiger partial charge in [0.05, 0.1) is 16.6 Å². The average Bonchev–Trinajstić information content (AvgIpc) is 2.76. The number of carbonyl (C=O) groups is 2. The number of rotatable bonds is 8. The summed E-state index contributed by atoms with van der Waals surface area (Å²) in [6.45, 7) is 4.92. The highest BCUT2D eigenvalue weighted by molar-refractivity contribution is 8.04. The van der Waals surface area contributed by atoms with E-state index >= 15 is 0 Å². The maximum Gasteiger partial charge on any atom is 0.416 e. The fourth-order valence-corrected chi connectivity index (χ4v) is 5.58. The monoisotopic (exact) mass is 484 g/mol. The molecule has 2 unspecified atom stereocenters. The summed E-state index contributed by atoms with van der Waals surface area (Å²) in [4.78, 5) is 27.9. The molecule has 1 heterocycles. The fraction of sp³-hybridized carbons (Fsp3) is 0.583. The molecule has 1 saturated heterocycles. The SMILES string of the molecule is CC(C)OCCCNC(=O)CN1C(=O)/C(=C\c2ccc(C(F)(F)F)cc2)SC2CCCCC21. The number of thioether (sulfide) groups is 1. The molecule has 0 aromatic heterocycles. The zero-order valence-electron chi connectivity index (χ0n) is 19.0. The van der Waals surface area contributed by atoms with Crippen molar-refractivity contribution in [1.82, 2.24) is 10.2 Å². The molecule has 1 N–H and O–H groups in total. The van der Waals surface area contributed by atoms with E-state index in [9.17, 15) is 22.8 Å². The predicted octanol–water partition coefficient (Wildman–Crippen LogP) is 4.86. The second kappa shape index (κ2) is 11.4. The van der Waals surface area contributed by atoms with Gasteiger partial charge in [-0.05, 0) is 56.9 Å². The Morgan fingerprint density at radius 1 is 1.24 bits per heavy atom. The first-order chi connectivity index (χ1) is 15.6. The van der Waals surface area contributed by atoms with Crippen molar-refractivity contribution in [3.63, 3.8) is 0 Å². The Morgan fingerprint density at radius 3 is 2.61 bits per heavy atom. The van der Waals surface area contributed by atoms with Crippen LogP contribution in [0.3, 0.4) is 0 Å². The molecule has 182 valence electrons. The second-order valence-electron chi connectivity index (χ2n) is 8.69. The average molecular weight is 485 g/mol. The van der Waals surface area contributed by atoms with E-state index in [-0.39, 0.29) is 35.8 Å². The lowest BCUT2D eigenvalue weighted by atomic mass is 9.93. The fourth-order valence-electron chi connectivity index (χ4n) is 4.11. The van der Waals surface area contributed by atoms with Crippen LogP contribution >= 0.6 is 11.8 Å². The summed E-state index contributed by atoms with van der Waals surface area (Å²) in [5, 5.41) is 3.04. The number of amides is 2. The first-order valence-corrected chi connectivity index (χ1v) is 12.3. The molecule has 0 spiro atoms. The third kappa shape index (κ3) is 7.24. The van der Waals surface area contributed by atoms with Gasteiger partial charge in [0.25, 0.3) is 5.91 Å². The van der Waals surface area contributed by atoms with E-state index in [1.54, 1.807) is 11.0 Å². The van der Waals surface area contributed by atoms with E-state index in [0.29, 0.717) is 30.0 Å². The Balaban J connectivity index is 1.68. The minimum Gasteiger partial charge on any atom is -0.379 e. The number of nitrogens with zero attached hydrogens (tertiary/aromatic N) is 1. The van der Waals surface area contributed by atoms with Crippen molar-refractivity contribution in [2.75, 3.05) is 19.7 Å². The predicted molar refractivity (Wildman–Crippen MR) is 123 cm³/mol. The summed E-state index contributed by atoms with van der Waals surface area (Å²) in [6.07, 6.45) is 1.93. The summed E-state index contributed by atoms with van der Waals surface area (Å²) in [6, 6.07) is 4.76. The van der Waals surface area contributed by atoms with E-state index in [2.05, 4.69) is 5.32 Å². The van der Waals surface area contributed by atoms with E-state index in [0.717, 1.165) is 37.8 Å². The summed E-state index contributed by atoms with van der Waals surface area (Å²) in [5.74, 6) is -0.445. The summed E-state index contributed by atoms with van der Waals surface area (Å²) in [5.41, 5.74) is -0.195. The number of halogens is 3. The normalized spacial score (nSPS) is 22.5. The van der Waals surface area contributed by atoms with Crippen molar-refractivity contribution < 1.29 is 27.5 Å². The van der Waals surface area contributed by atoms with Gasteiger partial charge in [-0.1, -0.05) is 25.0 Å². The molecule has 5 nitrogen and oxygen atoms in total. The van der Waals surface area contributed by atoms with Gasteiger partial charge < -0.3 is 15.0 Å². The lowest BCUT2D eigenvalue weighted by Crippen LogP contribution is -2.54. The molecule has 9 heteroatoms. The molecular formula is C24H31F3N2O3S. The van der Waals surface area contributed by atoms with Crippen LogP contribution in [0.1, 0.15) is 57.1 Å². The smallest absolute Gasteiger partial charge is 0.379 e. The molecule has 33 heavy (non-hydrogen) atoms. The van der Waals surface area contributed by atoms with Crippen molar-refractivity contribution in [2.45, 2.75) is 69.5 Å². The molecule has 1 aliphatic heterocycles. The first-order valence-electron chi connectivity index (χ1n) is 11.4. The Labute approximate surface area is 197 Å². The maximum atomic E-state index is 13.3. The van der Waals surface area contributed by atoms with E-state index in [1.165, 1.54) is 23.9 Å². The number of carbonyl (C=O) groups excluding carboxylic acids is 2. The number of ether oxygens (including phenoxy) is 1. The number of fused-ring (bicyclic) bond motifs is 1. The Morgan fingerprint density at radius 2 is 1.94 bits per heavy atom. The standard InChI is InChI=1S/C24H31F3N2O3S/c1-16(2)32-13-5-12-28-22(30)15-29-19-6-3-4-7-20(19)33-21(23(29)31)14-17-8-10-18(11-9-17)24(25,26)27/h8-11,14,16,19-20H,3-7,12-13,15H2,1-2H3,(H,28,30)/b21-14+. The molecule has 2 aliphatic rings. The Hall–Kier alpha value is -2.00. The zero-order valence-corrected chi connectivity index (χ0v) is 19.8. The number of alkyl halides is 3. The van der Waals surface area contributed by atoms with Gasteiger partial charge in [-0.3, -0.25) is 9.59 Å². The lowest BCUT2D eigenvalue weighted by molar-refractivity contribution is -0.137. The van der Waals surface area contributed by atoms with Crippen molar-refractivity contribution in [3.05, 3.63) is 40.3 Å². The van der Waals surface area contributed by atoms with E-state index in [4.69, 9.17) is 4.74 Å². The van der Waals surface area contributed by atoms with Gasteiger partial charge in [-0.25, -0.2) is 0 Å². The van der Waals surface area contributed by atoms with Gasteiger partial charge in [0.1, 0.15) is 6.54 Å². The van der Waals surface area contributed by atoms with Crippen LogP contribution in [0.2, 0.25) is 0 Å². The van der Waals surface area contributed by atoms with Crippen LogP contribution in [0.5, 0.6) is 0 Å². The van der Waals surface area contributed by atoms with Crippen LogP contribution in [-0.2, 0) is 20.5 Å². The molecule has 0 bridgehead atoms. The van der Waals surface area contributed by atoms with Crippen LogP contribution in [0.15, 0.2) is 29.2 Å². The highest BCUT2D eigenvalue weighted by Gasteiger charge is 2.41. The molecule has 1 aromatic rings. The second-order valence-corrected chi connectivity index (χ2v) is 9.97. The van der Waals surface area contributed by atoms with Crippen LogP contribution < -0.4 is 5.32 Å². The quantitative estimate of drug-likeness (QED) is 0.423. The van der Waals surface area contributed by atoms with Gasteiger partial charge in [0.2, 0.25) is 5.91 Å². The molecular weight excluding hydrogens is 453 g/mol. The van der Waals surface area contributed by atoms with E-state index in [1.807, 2.05) is 13.8 Å². The summed E-state index contributed by atoms with van der Waals surface area (Å²) < 4.78 is 44.0. The van der Waals surface area contributed by atoms with Crippen molar-refractivity contribution in [2.24, 2.45) is 0 Å². The molecule has 2 fully saturated rings. The maximum absolute atomic E-state index is 13.3. The third-order valence-corrected chi connectivity index (χ3v) is 7.16. The molecule has 3 rings (SSSR count). The molecule has 1 aliphatic carbocycles. The van der Waals surface area contributed by atoms with Gasteiger partial charge in [0, 0.05) is 24.4 Å². The van der Waals surface area contributed by atoms with Crippen LogP contribution in [0.25, 0.3) is 6.08 Å². The van der Waals surface area contributed by atoms with E-state index < -0.39 is 11.7 Å². The lowest BCUT2D eigenvalue weighted by Gasteiger charge is -2.43. The van der Waals surface area contributed by atoms with Crippen molar-refractivity contribution in [1.29, 1.82) is 0 Å². The minimum absolute atomic E-state index is 0.00368. The van der Waals surface area contributed by atoms with Crippen molar-refractivity contribution >= 4 is 29.7 Å². The molecule has 2 amide bonds. The third-order valence-electron chi connectivity index (χ3n) is 5.76. The number of benzene rings is 1. The number of nitrogens with one attached hydrogen (secondary N) is 1. The Kier molecular flexibility index (Phi) is 8.87. The molecule has 1 aromatic carbocycles. The first kappa shape index (κ1) is 25.6. The van der Waals surface area contributed by atoms with Gasteiger partial charge in [-0.2, -0.15) is 13.2 Å². The van der Waals surface area contributed by atoms with Gasteiger partial charge >= 0.3 is 6.18 Å². The molecule has 1 saturated carbocycles. The number of hydrogen-bond acceptors (Lipinski definition) is 4. The van der Waals surface area contributed by atoms with Crippen LogP contribution in [0, 0.1) is 0 Å². The topological polar surface area (TPSA) is 58.6 Å². The largest absolute Gasteiger partial charge is 0.416 e. The molecule has 0 radical (unpaired) electrons. The zero-order chi connectivity index (χ0) is 24.0. The van der Waals surface area contributed by atoms with Gasteiger partial charge in [0.15, 0.2) is 0 Å². The highest BCUT2D eigenvalue weighted by Crippen LogP contribution is 2.42. The molecule has 2 atom stereocenters. The summed E-state index contributed by atoms with van der Waals surface area (Å²) >= 11 is 1.49. The summed E-state index contributed by atoms with van der Waals surface area (Å²) in [7, 11) is 0. The van der Waals surface area contributed by atoms with Crippen LogP contribution in [-0.4, -0.2) is 53.8 Å².